The van der Waals surface area contributed by atoms with Gasteiger partial charge >= 0.3 is 5.69 Å². The van der Waals surface area contributed by atoms with Crippen LogP contribution >= 0.6 is 0 Å². The lowest BCUT2D eigenvalue weighted by atomic mass is 10.1. The van der Waals surface area contributed by atoms with Crippen LogP contribution in [0, 0.1) is 16.0 Å². The third-order valence-corrected chi connectivity index (χ3v) is 2.78. The van der Waals surface area contributed by atoms with Gasteiger partial charge in [0, 0.05) is 6.04 Å². The zero-order chi connectivity index (χ0) is 13.0. The van der Waals surface area contributed by atoms with Gasteiger partial charge in [-0.2, -0.15) is 0 Å². The highest BCUT2D eigenvalue weighted by atomic mass is 16.6. The smallest absolute Gasteiger partial charge is 0.333 e. The number of benzene rings is 1. The molecule has 94 valence electrons. The second-order valence-corrected chi connectivity index (χ2v) is 4.29. The van der Waals surface area contributed by atoms with Crippen molar-refractivity contribution in [3.05, 3.63) is 28.3 Å². The number of hydrogen-bond donors (Lipinski definition) is 1. The summed E-state index contributed by atoms with van der Waals surface area (Å²) in [7, 11) is 1.43. The molecule has 0 saturated heterocycles. The molecule has 0 bridgehead atoms. The molecule has 5 nitrogen and oxygen atoms in total. The van der Waals surface area contributed by atoms with E-state index in [1.54, 1.807) is 18.2 Å². The van der Waals surface area contributed by atoms with Crippen LogP contribution in [-0.4, -0.2) is 18.1 Å². The molecule has 0 aliphatic carbocycles. The van der Waals surface area contributed by atoms with Crippen LogP contribution in [-0.2, 0) is 0 Å². The van der Waals surface area contributed by atoms with Crippen LogP contribution in [0.2, 0.25) is 0 Å². The van der Waals surface area contributed by atoms with Crippen molar-refractivity contribution in [2.45, 2.75) is 26.8 Å². The fourth-order valence-corrected chi connectivity index (χ4v) is 1.40. The van der Waals surface area contributed by atoms with E-state index in [2.05, 4.69) is 19.2 Å². The maximum absolute atomic E-state index is 11.0. The van der Waals surface area contributed by atoms with Crippen LogP contribution in [0.1, 0.15) is 20.8 Å². The quantitative estimate of drug-likeness (QED) is 0.632. The van der Waals surface area contributed by atoms with Gasteiger partial charge in [0.15, 0.2) is 5.75 Å². The van der Waals surface area contributed by atoms with Gasteiger partial charge in [-0.15, -0.1) is 0 Å². The van der Waals surface area contributed by atoms with Crippen molar-refractivity contribution >= 4 is 11.4 Å². The predicted molar refractivity (Wildman–Crippen MR) is 67.6 cm³/mol. The second-order valence-electron chi connectivity index (χ2n) is 4.29. The number of ether oxygens (including phenoxy) is 1. The molecule has 17 heavy (non-hydrogen) atoms. The Morgan fingerprint density at radius 1 is 1.35 bits per heavy atom. The van der Waals surface area contributed by atoms with Crippen molar-refractivity contribution in [2.75, 3.05) is 12.4 Å². The maximum atomic E-state index is 11.0. The fraction of sp³-hybridized carbons (Fsp3) is 0.500. The number of methoxy groups -OCH3 is 1. The summed E-state index contributed by atoms with van der Waals surface area (Å²) in [6.45, 7) is 6.11. The molecule has 0 radical (unpaired) electrons. The first-order valence-corrected chi connectivity index (χ1v) is 5.55. The number of para-hydroxylation sites is 1. The summed E-state index contributed by atoms with van der Waals surface area (Å²) in [4.78, 5) is 10.6. The minimum absolute atomic E-state index is 0.0116. The summed E-state index contributed by atoms with van der Waals surface area (Å²) in [6, 6.07) is 5.17. The molecule has 1 unspecified atom stereocenters. The number of hydrogen-bond acceptors (Lipinski definition) is 4. The molecule has 0 heterocycles. The summed E-state index contributed by atoms with van der Waals surface area (Å²) in [5.41, 5.74) is 0.484. The molecule has 0 fully saturated rings. The van der Waals surface area contributed by atoms with Gasteiger partial charge in [0.05, 0.1) is 12.0 Å². The number of rotatable bonds is 5. The highest BCUT2D eigenvalue weighted by molar-refractivity contribution is 5.68. The van der Waals surface area contributed by atoms with Gasteiger partial charge in [-0.1, -0.05) is 19.9 Å². The molecule has 0 spiro atoms. The molecule has 5 heteroatoms. The number of nitrogens with one attached hydrogen (secondary N) is 1. The first-order chi connectivity index (χ1) is 7.97. The van der Waals surface area contributed by atoms with Crippen molar-refractivity contribution in [3.63, 3.8) is 0 Å². The highest BCUT2D eigenvalue weighted by Crippen LogP contribution is 2.35. The minimum atomic E-state index is -0.422. The summed E-state index contributed by atoms with van der Waals surface area (Å²) >= 11 is 0. The average Bonchev–Trinajstić information content (AvgIpc) is 2.27. The number of nitro benzene ring substituents is 1. The number of nitrogens with zero attached hydrogens (tertiary/aromatic N) is 1. The Morgan fingerprint density at radius 3 is 2.47 bits per heavy atom. The van der Waals surface area contributed by atoms with E-state index in [0.29, 0.717) is 11.6 Å². The molecule has 1 aromatic carbocycles. The Balaban J connectivity index is 3.10. The molecular formula is C12H18N2O3. The fourth-order valence-electron chi connectivity index (χ4n) is 1.40. The molecule has 0 saturated carbocycles. The van der Waals surface area contributed by atoms with E-state index in [9.17, 15) is 10.1 Å². The van der Waals surface area contributed by atoms with Gasteiger partial charge in [0.1, 0.15) is 5.69 Å². The minimum Gasteiger partial charge on any atom is -0.490 e. The lowest BCUT2D eigenvalue weighted by molar-refractivity contribution is -0.384. The molecule has 1 N–H and O–H groups in total. The van der Waals surface area contributed by atoms with Crippen molar-refractivity contribution < 1.29 is 9.66 Å². The van der Waals surface area contributed by atoms with Crippen molar-refractivity contribution in [1.82, 2.24) is 0 Å². The standard InChI is InChI=1S/C12H18N2O3/c1-8(2)9(3)13-10-6-5-7-11(17-4)12(10)14(15)16/h5-9,13H,1-4H3. The topological polar surface area (TPSA) is 64.4 Å². The molecule has 1 rings (SSSR count). The van der Waals surface area contributed by atoms with Crippen LogP contribution in [0.3, 0.4) is 0 Å². The normalized spacial score (nSPS) is 12.3. The number of anilines is 1. The van der Waals surface area contributed by atoms with Crippen molar-refractivity contribution in [1.29, 1.82) is 0 Å². The first-order valence-electron chi connectivity index (χ1n) is 5.55. The first kappa shape index (κ1) is 13.3. The predicted octanol–water partition coefficient (Wildman–Crippen LogP) is 3.06. The Morgan fingerprint density at radius 2 is 2.00 bits per heavy atom. The van der Waals surface area contributed by atoms with Gasteiger partial charge in [0.2, 0.25) is 0 Å². The average molecular weight is 238 g/mol. The third kappa shape index (κ3) is 3.09. The van der Waals surface area contributed by atoms with Crippen LogP contribution in [0.5, 0.6) is 5.75 Å². The molecule has 1 aromatic rings. The Labute approximate surface area is 101 Å². The molecule has 0 aromatic heterocycles. The molecular weight excluding hydrogens is 220 g/mol. The Bertz CT molecular complexity index is 405. The Hall–Kier alpha value is -1.78. The summed E-state index contributed by atoms with van der Waals surface area (Å²) < 4.78 is 5.01. The molecule has 0 aliphatic rings. The monoisotopic (exact) mass is 238 g/mol. The lowest BCUT2D eigenvalue weighted by Gasteiger charge is -2.19. The van der Waals surface area contributed by atoms with E-state index in [0.717, 1.165) is 0 Å². The molecule has 1 atom stereocenters. The van der Waals surface area contributed by atoms with E-state index in [1.807, 2.05) is 6.92 Å². The third-order valence-electron chi connectivity index (χ3n) is 2.78. The zero-order valence-electron chi connectivity index (χ0n) is 10.6. The summed E-state index contributed by atoms with van der Waals surface area (Å²) in [5.74, 6) is 0.664. The van der Waals surface area contributed by atoms with Gasteiger partial charge < -0.3 is 10.1 Å². The van der Waals surface area contributed by atoms with Gasteiger partial charge in [-0.05, 0) is 25.0 Å². The van der Waals surface area contributed by atoms with E-state index in [4.69, 9.17) is 4.74 Å². The molecule has 0 aliphatic heterocycles. The van der Waals surface area contributed by atoms with E-state index < -0.39 is 4.92 Å². The van der Waals surface area contributed by atoms with E-state index in [-0.39, 0.29) is 17.5 Å². The number of nitro groups is 1. The summed E-state index contributed by atoms with van der Waals surface area (Å²) in [6.07, 6.45) is 0. The maximum Gasteiger partial charge on any atom is 0.333 e. The van der Waals surface area contributed by atoms with Crippen LogP contribution < -0.4 is 10.1 Å². The van der Waals surface area contributed by atoms with E-state index in [1.165, 1.54) is 7.11 Å². The van der Waals surface area contributed by atoms with Crippen molar-refractivity contribution in [2.24, 2.45) is 5.92 Å². The SMILES string of the molecule is COc1cccc(NC(C)C(C)C)c1[N+](=O)[O-]. The van der Waals surface area contributed by atoms with E-state index >= 15 is 0 Å². The largest absolute Gasteiger partial charge is 0.490 e. The van der Waals surface area contributed by atoms with Gasteiger partial charge in [-0.25, -0.2) is 0 Å². The lowest BCUT2D eigenvalue weighted by Crippen LogP contribution is -2.22. The molecule has 0 amide bonds. The Kier molecular flexibility index (Phi) is 4.31. The van der Waals surface area contributed by atoms with Crippen LogP contribution in [0.15, 0.2) is 18.2 Å². The second kappa shape index (κ2) is 5.52. The van der Waals surface area contributed by atoms with Crippen LogP contribution in [0.25, 0.3) is 0 Å². The van der Waals surface area contributed by atoms with Gasteiger partial charge in [0.25, 0.3) is 0 Å². The van der Waals surface area contributed by atoms with Crippen molar-refractivity contribution in [3.8, 4) is 5.75 Å². The highest BCUT2D eigenvalue weighted by Gasteiger charge is 2.21. The van der Waals surface area contributed by atoms with Crippen LogP contribution in [0.4, 0.5) is 11.4 Å². The van der Waals surface area contributed by atoms with Gasteiger partial charge in [-0.3, -0.25) is 10.1 Å². The zero-order valence-corrected chi connectivity index (χ0v) is 10.6. The summed E-state index contributed by atoms with van der Waals surface area (Å²) in [5, 5.41) is 14.2.